The minimum Gasteiger partial charge on any atom is -0.497 e. The molecule has 1 aromatic heterocycles. The van der Waals surface area contributed by atoms with Gasteiger partial charge in [0.05, 0.1) is 26.0 Å². The number of hydrogen-bond acceptors (Lipinski definition) is 7. The zero-order valence-electron chi connectivity index (χ0n) is 20.8. The Kier molecular flexibility index (Phi) is 8.94. The van der Waals surface area contributed by atoms with Gasteiger partial charge < -0.3 is 20.1 Å². The van der Waals surface area contributed by atoms with Crippen molar-refractivity contribution < 1.29 is 23.5 Å². The Morgan fingerprint density at radius 1 is 1.00 bits per heavy atom. The van der Waals surface area contributed by atoms with Gasteiger partial charge >= 0.3 is 0 Å². The topological polar surface area (TPSA) is 107 Å². The van der Waals surface area contributed by atoms with Crippen LogP contribution < -0.4 is 20.1 Å². The van der Waals surface area contributed by atoms with Gasteiger partial charge in [-0.2, -0.15) is 0 Å². The molecule has 0 aliphatic heterocycles. The van der Waals surface area contributed by atoms with Crippen LogP contribution in [0.5, 0.6) is 11.5 Å². The summed E-state index contributed by atoms with van der Waals surface area (Å²) in [7, 11) is 1.53. The van der Waals surface area contributed by atoms with Gasteiger partial charge in [0.2, 0.25) is 5.91 Å². The first-order chi connectivity index (χ1) is 18.5. The molecule has 0 bridgehead atoms. The van der Waals surface area contributed by atoms with Gasteiger partial charge in [0.1, 0.15) is 17.3 Å². The van der Waals surface area contributed by atoms with Crippen molar-refractivity contribution in [2.75, 3.05) is 24.8 Å². The lowest BCUT2D eigenvalue weighted by Crippen LogP contribution is -2.24. The second-order valence-corrected chi connectivity index (χ2v) is 8.86. The first-order valence-electron chi connectivity index (χ1n) is 11.7. The predicted molar refractivity (Wildman–Crippen MR) is 142 cm³/mol. The summed E-state index contributed by atoms with van der Waals surface area (Å²) in [5, 5.41) is 14.5. The minimum atomic E-state index is -0.390. The fourth-order valence-electron chi connectivity index (χ4n) is 3.51. The van der Waals surface area contributed by atoms with Crippen molar-refractivity contribution in [3.63, 3.8) is 0 Å². The Balaban J connectivity index is 1.46. The van der Waals surface area contributed by atoms with Crippen LogP contribution in [0.15, 0.2) is 78.0 Å². The average Bonchev–Trinajstić information content (AvgIpc) is 3.35. The monoisotopic (exact) mass is 535 g/mol. The maximum absolute atomic E-state index is 13.6. The number of halogens is 1. The maximum Gasteiger partial charge on any atom is 0.251 e. The molecule has 0 atom stereocenters. The van der Waals surface area contributed by atoms with Crippen LogP contribution in [-0.4, -0.2) is 46.0 Å². The third-order valence-electron chi connectivity index (χ3n) is 5.31. The molecule has 0 unspecified atom stereocenters. The number of ether oxygens (including phenoxy) is 2. The zero-order valence-corrected chi connectivity index (χ0v) is 21.6. The normalized spacial score (nSPS) is 10.6. The van der Waals surface area contributed by atoms with Gasteiger partial charge in [-0.3, -0.25) is 14.2 Å². The number of hydrogen-bond donors (Lipinski definition) is 2. The third kappa shape index (κ3) is 6.88. The number of carbonyl (C=O) groups is 2. The molecule has 0 saturated heterocycles. The maximum atomic E-state index is 13.6. The van der Waals surface area contributed by atoms with Crippen molar-refractivity contribution in [2.45, 2.75) is 18.6 Å². The highest BCUT2D eigenvalue weighted by atomic mass is 32.2. The Hall–Kier alpha value is -4.38. The Morgan fingerprint density at radius 2 is 1.76 bits per heavy atom. The van der Waals surface area contributed by atoms with Crippen LogP contribution in [0.25, 0.3) is 5.69 Å². The summed E-state index contributed by atoms with van der Waals surface area (Å²) in [5.74, 6) is 0.818. The molecule has 2 N–H and O–H groups in total. The van der Waals surface area contributed by atoms with Crippen molar-refractivity contribution in [3.8, 4) is 17.2 Å². The molecular formula is C27H26FN5O4S. The number of carbonyl (C=O) groups excluding carboxylic acids is 2. The fourth-order valence-corrected chi connectivity index (χ4v) is 4.28. The Labute approximate surface area is 223 Å². The molecule has 0 radical (unpaired) electrons. The predicted octanol–water partition coefficient (Wildman–Crippen LogP) is 4.47. The third-order valence-corrected chi connectivity index (χ3v) is 6.23. The van der Waals surface area contributed by atoms with Crippen molar-refractivity contribution in [2.24, 2.45) is 0 Å². The van der Waals surface area contributed by atoms with Crippen LogP contribution in [0, 0.1) is 5.82 Å². The summed E-state index contributed by atoms with van der Waals surface area (Å²) in [6.07, 6.45) is 0. The summed E-state index contributed by atoms with van der Waals surface area (Å²) in [6.45, 7) is 2.51. The molecule has 1 heterocycles. The van der Waals surface area contributed by atoms with Crippen LogP contribution in [0.2, 0.25) is 0 Å². The van der Waals surface area contributed by atoms with E-state index in [1.807, 2.05) is 6.92 Å². The Bertz CT molecular complexity index is 1390. The summed E-state index contributed by atoms with van der Waals surface area (Å²) < 4.78 is 25.9. The van der Waals surface area contributed by atoms with Gasteiger partial charge in [0.25, 0.3) is 5.91 Å². The second-order valence-electron chi connectivity index (χ2n) is 7.92. The number of benzene rings is 3. The molecule has 0 spiro atoms. The summed E-state index contributed by atoms with van der Waals surface area (Å²) in [6, 6.07) is 19.7. The number of rotatable bonds is 11. The Morgan fingerprint density at radius 3 is 2.47 bits per heavy atom. The number of nitrogens with zero attached hydrogens (tertiary/aromatic N) is 3. The summed E-state index contributed by atoms with van der Waals surface area (Å²) in [5.41, 5.74) is 1.66. The van der Waals surface area contributed by atoms with Crippen LogP contribution in [0.4, 0.5) is 10.1 Å². The lowest BCUT2D eigenvalue weighted by molar-refractivity contribution is -0.113. The summed E-state index contributed by atoms with van der Waals surface area (Å²) in [4.78, 5) is 25.3. The standard InChI is InChI=1S/C27H26FN5O4S/c1-3-37-22-13-9-20(10-14-22)30-25(34)17-38-27-32-31-24(33(27)21-11-7-19(28)8-12-21)16-29-26(35)18-5-4-6-23(15-18)36-2/h4-15H,3,16-17H2,1-2H3,(H,29,35)(H,30,34). The van der Waals surface area contributed by atoms with Crippen molar-refractivity contribution >= 4 is 29.3 Å². The van der Waals surface area contributed by atoms with E-state index < -0.39 is 5.82 Å². The van der Waals surface area contributed by atoms with E-state index in [-0.39, 0.29) is 24.1 Å². The molecule has 4 aromatic rings. The van der Waals surface area contributed by atoms with Crippen molar-refractivity contribution in [1.82, 2.24) is 20.1 Å². The van der Waals surface area contributed by atoms with Crippen LogP contribution in [-0.2, 0) is 11.3 Å². The molecule has 196 valence electrons. The SMILES string of the molecule is CCOc1ccc(NC(=O)CSc2nnc(CNC(=O)c3cccc(OC)c3)n2-c2ccc(F)cc2)cc1. The molecule has 38 heavy (non-hydrogen) atoms. The van der Waals surface area contributed by atoms with Gasteiger partial charge in [-0.05, 0) is 73.7 Å². The van der Waals surface area contributed by atoms with Gasteiger partial charge in [-0.15, -0.1) is 10.2 Å². The van der Waals surface area contributed by atoms with Crippen molar-refractivity contribution in [1.29, 1.82) is 0 Å². The zero-order chi connectivity index (χ0) is 26.9. The smallest absolute Gasteiger partial charge is 0.251 e. The molecule has 4 rings (SSSR count). The molecule has 0 fully saturated rings. The van der Waals surface area contributed by atoms with Gasteiger partial charge in [-0.25, -0.2) is 4.39 Å². The molecule has 9 nitrogen and oxygen atoms in total. The number of amides is 2. The fraction of sp³-hybridized carbons (Fsp3) is 0.185. The molecule has 11 heteroatoms. The molecular weight excluding hydrogens is 509 g/mol. The molecule has 0 saturated carbocycles. The number of nitrogens with one attached hydrogen (secondary N) is 2. The van der Waals surface area contributed by atoms with E-state index in [1.54, 1.807) is 65.2 Å². The number of thioether (sulfide) groups is 1. The van der Waals surface area contributed by atoms with Crippen LogP contribution in [0.3, 0.4) is 0 Å². The quantitative estimate of drug-likeness (QED) is 0.273. The van der Waals surface area contributed by atoms with Gasteiger partial charge in [-0.1, -0.05) is 17.8 Å². The number of aromatic nitrogens is 3. The lowest BCUT2D eigenvalue weighted by Gasteiger charge is -2.11. The summed E-state index contributed by atoms with van der Waals surface area (Å²) >= 11 is 1.17. The minimum absolute atomic E-state index is 0.0549. The molecule has 0 aliphatic carbocycles. The first kappa shape index (κ1) is 26.7. The van der Waals surface area contributed by atoms with Crippen LogP contribution in [0.1, 0.15) is 23.1 Å². The second kappa shape index (κ2) is 12.7. The molecule has 0 aliphatic rings. The molecule has 2 amide bonds. The van der Waals surface area contributed by atoms with E-state index in [2.05, 4.69) is 20.8 Å². The van der Waals surface area contributed by atoms with E-state index >= 15 is 0 Å². The van der Waals surface area contributed by atoms with E-state index in [1.165, 1.54) is 31.0 Å². The van der Waals surface area contributed by atoms with E-state index in [0.717, 1.165) is 5.75 Å². The van der Waals surface area contributed by atoms with Gasteiger partial charge in [0.15, 0.2) is 11.0 Å². The van der Waals surface area contributed by atoms with Crippen LogP contribution >= 0.6 is 11.8 Å². The largest absolute Gasteiger partial charge is 0.497 e. The lowest BCUT2D eigenvalue weighted by atomic mass is 10.2. The first-order valence-corrected chi connectivity index (χ1v) is 12.7. The van der Waals surface area contributed by atoms with E-state index in [9.17, 15) is 14.0 Å². The van der Waals surface area contributed by atoms with Gasteiger partial charge in [0, 0.05) is 16.9 Å². The van der Waals surface area contributed by atoms with E-state index in [4.69, 9.17) is 9.47 Å². The van der Waals surface area contributed by atoms with E-state index in [0.29, 0.717) is 40.3 Å². The van der Waals surface area contributed by atoms with Crippen molar-refractivity contribution in [3.05, 3.63) is 90.0 Å². The molecule has 3 aromatic carbocycles. The average molecular weight is 536 g/mol. The number of methoxy groups -OCH3 is 1. The number of anilines is 1. The highest BCUT2D eigenvalue weighted by molar-refractivity contribution is 7.99. The highest BCUT2D eigenvalue weighted by Gasteiger charge is 2.17. The highest BCUT2D eigenvalue weighted by Crippen LogP contribution is 2.23.